The van der Waals surface area contributed by atoms with Gasteiger partial charge in [-0.2, -0.15) is 0 Å². The first-order chi connectivity index (χ1) is 5.70. The van der Waals surface area contributed by atoms with Gasteiger partial charge in [0.1, 0.15) is 0 Å². The van der Waals surface area contributed by atoms with Crippen molar-refractivity contribution in [2.45, 2.75) is 45.0 Å². The van der Waals surface area contributed by atoms with Crippen molar-refractivity contribution in [3.63, 3.8) is 0 Å². The van der Waals surface area contributed by atoms with Gasteiger partial charge in [-0.1, -0.05) is 20.8 Å². The predicted molar refractivity (Wildman–Crippen MR) is 59.9 cm³/mol. The highest BCUT2D eigenvalue weighted by molar-refractivity contribution is 6.74. The van der Waals surface area contributed by atoms with E-state index < -0.39 is 14.4 Å². The van der Waals surface area contributed by atoms with E-state index in [1.54, 1.807) is 0 Å². The Morgan fingerprint density at radius 3 is 2.15 bits per heavy atom. The van der Waals surface area contributed by atoms with Gasteiger partial charge in [0.25, 0.3) is 0 Å². The third kappa shape index (κ3) is 4.45. The Morgan fingerprint density at radius 1 is 1.38 bits per heavy atom. The minimum Gasteiger partial charge on any atom is -0.414 e. The molecule has 0 aromatic rings. The summed E-state index contributed by atoms with van der Waals surface area (Å²) in [5.74, 6) is 0.245. The van der Waals surface area contributed by atoms with Crippen molar-refractivity contribution in [1.82, 2.24) is 0 Å². The van der Waals surface area contributed by atoms with Crippen LogP contribution in [0.4, 0.5) is 0 Å². The lowest BCUT2D eigenvalue weighted by Gasteiger charge is -2.36. The summed E-state index contributed by atoms with van der Waals surface area (Å²) in [4.78, 5) is 0. The molecule has 0 saturated heterocycles. The molecule has 0 radical (unpaired) electrons. The molecule has 2 nitrogen and oxygen atoms in total. The van der Waals surface area contributed by atoms with Crippen molar-refractivity contribution in [2.75, 3.05) is 12.5 Å². The van der Waals surface area contributed by atoms with Gasteiger partial charge >= 0.3 is 0 Å². The Bertz CT molecular complexity index is 154. The Morgan fingerprint density at radius 2 is 1.85 bits per heavy atom. The summed E-state index contributed by atoms with van der Waals surface area (Å²) >= 11 is 5.48. The monoisotopic (exact) mass is 224 g/mol. The molecule has 0 aromatic carbocycles. The first kappa shape index (κ1) is 13.4. The highest BCUT2D eigenvalue weighted by Crippen LogP contribution is 2.36. The van der Waals surface area contributed by atoms with Crippen LogP contribution in [0.5, 0.6) is 0 Å². The molecule has 0 rings (SSSR count). The lowest BCUT2D eigenvalue weighted by Crippen LogP contribution is -2.42. The molecule has 0 saturated carbocycles. The minimum atomic E-state index is -1.70. The smallest absolute Gasteiger partial charge is 0.192 e. The fourth-order valence-corrected chi connectivity index (χ4v) is 1.70. The van der Waals surface area contributed by atoms with Gasteiger partial charge in [-0.25, -0.2) is 0 Å². The van der Waals surface area contributed by atoms with Gasteiger partial charge in [0.05, 0.1) is 18.6 Å². The maximum atomic E-state index is 9.25. The molecule has 0 spiro atoms. The van der Waals surface area contributed by atoms with Crippen LogP contribution in [0, 0.1) is 0 Å². The van der Waals surface area contributed by atoms with Crippen LogP contribution in [0.25, 0.3) is 0 Å². The molecule has 80 valence electrons. The molecule has 0 bridgehead atoms. The van der Waals surface area contributed by atoms with Crippen molar-refractivity contribution in [1.29, 1.82) is 0 Å². The van der Waals surface area contributed by atoms with Crippen LogP contribution in [0.3, 0.4) is 0 Å². The van der Waals surface area contributed by atoms with Crippen LogP contribution in [0.15, 0.2) is 0 Å². The van der Waals surface area contributed by atoms with Gasteiger partial charge in [-0.15, -0.1) is 11.6 Å². The normalized spacial score (nSPS) is 15.9. The fraction of sp³-hybridized carbons (Fsp3) is 1.00. The second-order valence-electron chi connectivity index (χ2n) is 4.88. The third-order valence-corrected chi connectivity index (χ3v) is 7.48. The van der Waals surface area contributed by atoms with Gasteiger partial charge in [-0.3, -0.25) is 0 Å². The average molecular weight is 225 g/mol. The van der Waals surface area contributed by atoms with E-state index >= 15 is 0 Å². The van der Waals surface area contributed by atoms with E-state index in [2.05, 4.69) is 33.9 Å². The van der Waals surface area contributed by atoms with Crippen molar-refractivity contribution in [3.05, 3.63) is 0 Å². The van der Waals surface area contributed by atoms with Crippen molar-refractivity contribution in [3.8, 4) is 0 Å². The summed E-state index contributed by atoms with van der Waals surface area (Å²) in [7, 11) is -1.70. The number of halogens is 1. The maximum absolute atomic E-state index is 9.25. The largest absolute Gasteiger partial charge is 0.414 e. The molecule has 4 heteroatoms. The SMILES string of the molecule is CC(C)(C)[Si](C)(C)OC[C@@H](O)CCl. The minimum absolute atomic E-state index is 0.193. The van der Waals surface area contributed by atoms with Crippen molar-refractivity contribution < 1.29 is 9.53 Å². The van der Waals surface area contributed by atoms with Crippen LogP contribution < -0.4 is 0 Å². The number of alkyl halides is 1. The molecule has 0 aliphatic carbocycles. The Kier molecular flexibility index (Phi) is 4.94. The molecule has 0 aromatic heterocycles. The molecule has 1 N–H and O–H groups in total. The van der Waals surface area contributed by atoms with Crippen LogP contribution in [0.2, 0.25) is 18.1 Å². The summed E-state index contributed by atoms with van der Waals surface area (Å²) in [5.41, 5.74) is 0. The fourth-order valence-electron chi connectivity index (χ4n) is 0.566. The van der Waals surface area contributed by atoms with Crippen LogP contribution >= 0.6 is 11.6 Å². The average Bonchev–Trinajstić information content (AvgIpc) is 1.98. The maximum Gasteiger partial charge on any atom is 0.192 e. The Labute approximate surface area is 87.4 Å². The lowest BCUT2D eigenvalue weighted by atomic mass is 10.2. The number of hydrogen-bond donors (Lipinski definition) is 1. The topological polar surface area (TPSA) is 29.5 Å². The number of aliphatic hydroxyl groups is 1. The van der Waals surface area contributed by atoms with E-state index in [0.29, 0.717) is 6.61 Å². The standard InChI is InChI=1S/C9H21ClO2Si/c1-9(2,3)13(4,5)12-7-8(11)6-10/h8,11H,6-7H2,1-5H3/t8-/m0/s1. The summed E-state index contributed by atoms with van der Waals surface area (Å²) in [5, 5.41) is 9.45. The van der Waals surface area contributed by atoms with E-state index in [4.69, 9.17) is 16.0 Å². The molecule has 0 amide bonds. The molecule has 0 fully saturated rings. The summed E-state index contributed by atoms with van der Waals surface area (Å²) in [6, 6.07) is 0. The second-order valence-corrected chi connectivity index (χ2v) is 10.00. The van der Waals surface area contributed by atoms with Gasteiger partial charge in [0.2, 0.25) is 0 Å². The highest BCUT2D eigenvalue weighted by Gasteiger charge is 2.37. The number of rotatable bonds is 4. The van der Waals surface area contributed by atoms with Crippen LogP contribution in [-0.2, 0) is 4.43 Å². The summed E-state index contributed by atoms with van der Waals surface area (Å²) < 4.78 is 5.75. The zero-order valence-corrected chi connectivity index (χ0v) is 11.0. The Hall–Kier alpha value is 0.427. The van der Waals surface area contributed by atoms with E-state index in [1.807, 2.05) is 0 Å². The van der Waals surface area contributed by atoms with Gasteiger partial charge in [0.15, 0.2) is 8.32 Å². The third-order valence-electron chi connectivity index (χ3n) is 2.62. The quantitative estimate of drug-likeness (QED) is 0.588. The second kappa shape index (κ2) is 4.78. The molecule has 0 aliphatic heterocycles. The molecule has 0 unspecified atom stereocenters. The van der Waals surface area contributed by atoms with E-state index in [-0.39, 0.29) is 10.9 Å². The van der Waals surface area contributed by atoms with Gasteiger partial charge in [0, 0.05) is 0 Å². The van der Waals surface area contributed by atoms with E-state index in [9.17, 15) is 5.11 Å². The zero-order valence-electron chi connectivity index (χ0n) is 9.22. The van der Waals surface area contributed by atoms with Gasteiger partial charge in [-0.05, 0) is 18.1 Å². The van der Waals surface area contributed by atoms with Crippen LogP contribution in [-0.4, -0.2) is 32.0 Å². The predicted octanol–water partition coefficient (Wildman–Crippen LogP) is 2.61. The summed E-state index contributed by atoms with van der Waals surface area (Å²) in [6.07, 6.45) is -0.532. The van der Waals surface area contributed by atoms with E-state index in [1.165, 1.54) is 0 Å². The molecular weight excluding hydrogens is 204 g/mol. The van der Waals surface area contributed by atoms with Gasteiger partial charge < -0.3 is 9.53 Å². The molecular formula is C9H21ClO2Si. The first-order valence-corrected chi connectivity index (χ1v) is 8.03. The molecule has 1 atom stereocenters. The molecule has 0 aliphatic rings. The highest BCUT2D eigenvalue weighted by atomic mass is 35.5. The molecule has 0 heterocycles. The number of aliphatic hydroxyl groups excluding tert-OH is 1. The van der Waals surface area contributed by atoms with E-state index in [0.717, 1.165) is 0 Å². The lowest BCUT2D eigenvalue weighted by molar-refractivity contribution is 0.117. The zero-order chi connectivity index (χ0) is 10.7. The Balaban J connectivity index is 4.04. The first-order valence-electron chi connectivity index (χ1n) is 4.58. The van der Waals surface area contributed by atoms with Crippen molar-refractivity contribution in [2.24, 2.45) is 0 Å². The molecule has 13 heavy (non-hydrogen) atoms. The number of hydrogen-bond acceptors (Lipinski definition) is 2. The summed E-state index contributed by atoms with van der Waals surface area (Å²) in [6.45, 7) is 11.2. The van der Waals surface area contributed by atoms with Crippen molar-refractivity contribution >= 4 is 19.9 Å². The van der Waals surface area contributed by atoms with Crippen LogP contribution in [0.1, 0.15) is 20.8 Å².